The summed E-state index contributed by atoms with van der Waals surface area (Å²) >= 11 is 5.29. The van der Waals surface area contributed by atoms with Gasteiger partial charge in [0.05, 0.1) is 0 Å². The van der Waals surface area contributed by atoms with Gasteiger partial charge in [-0.15, -0.1) is 0 Å². The average Bonchev–Trinajstić information content (AvgIpc) is 3.07. The molecule has 3 fully saturated rings. The molecule has 2 bridgehead atoms. The Bertz CT molecular complexity index is 289. The van der Waals surface area contributed by atoms with E-state index in [-0.39, 0.29) is 0 Å². The van der Waals surface area contributed by atoms with Crippen molar-refractivity contribution in [1.29, 1.82) is 0 Å². The molecular formula is C13H23N3S. The van der Waals surface area contributed by atoms with E-state index in [2.05, 4.69) is 22.5 Å². The molecule has 1 saturated carbocycles. The second-order valence-corrected chi connectivity index (χ2v) is 6.14. The van der Waals surface area contributed by atoms with Crippen LogP contribution >= 0.6 is 12.2 Å². The van der Waals surface area contributed by atoms with Crippen molar-refractivity contribution in [1.82, 2.24) is 15.5 Å². The number of hydrogen-bond acceptors (Lipinski definition) is 2. The van der Waals surface area contributed by atoms with Crippen LogP contribution in [0.15, 0.2) is 0 Å². The lowest BCUT2D eigenvalue weighted by Gasteiger charge is -2.39. The van der Waals surface area contributed by atoms with Crippen molar-refractivity contribution in [3.63, 3.8) is 0 Å². The molecule has 0 aromatic heterocycles. The SMILES string of the molecule is CCNC(=S)NC1CC2CCC(C1)N2C1CC1. The van der Waals surface area contributed by atoms with Gasteiger partial charge in [-0.1, -0.05) is 0 Å². The zero-order valence-electron chi connectivity index (χ0n) is 10.6. The van der Waals surface area contributed by atoms with E-state index in [1.54, 1.807) is 0 Å². The third-order valence-electron chi connectivity index (χ3n) is 4.43. The standard InChI is InChI=1S/C13H23N3S/c1-2-14-13(17)15-9-7-11-5-6-12(8-9)16(11)10-3-4-10/h9-12H,2-8H2,1H3,(H2,14,15,17). The maximum atomic E-state index is 5.29. The van der Waals surface area contributed by atoms with E-state index in [9.17, 15) is 0 Å². The Hall–Kier alpha value is -0.350. The zero-order chi connectivity index (χ0) is 11.8. The van der Waals surface area contributed by atoms with Gasteiger partial charge in [-0.25, -0.2) is 0 Å². The lowest BCUT2D eigenvalue weighted by molar-refractivity contribution is 0.114. The summed E-state index contributed by atoms with van der Waals surface area (Å²) < 4.78 is 0. The molecule has 2 saturated heterocycles. The van der Waals surface area contributed by atoms with Crippen molar-refractivity contribution in [3.05, 3.63) is 0 Å². The highest BCUT2D eigenvalue weighted by Crippen LogP contribution is 2.43. The van der Waals surface area contributed by atoms with Crippen LogP contribution in [0.1, 0.15) is 45.4 Å². The molecule has 2 N–H and O–H groups in total. The number of piperidine rings is 1. The van der Waals surface area contributed by atoms with Gasteiger partial charge >= 0.3 is 0 Å². The Morgan fingerprint density at radius 1 is 1.12 bits per heavy atom. The van der Waals surface area contributed by atoms with Gasteiger partial charge in [-0.05, 0) is 57.7 Å². The molecule has 2 heterocycles. The van der Waals surface area contributed by atoms with E-state index in [0.717, 1.165) is 29.8 Å². The summed E-state index contributed by atoms with van der Waals surface area (Å²) in [5, 5.41) is 7.53. The molecule has 1 aliphatic carbocycles. The van der Waals surface area contributed by atoms with Gasteiger partial charge in [0.1, 0.15) is 0 Å². The van der Waals surface area contributed by atoms with Crippen LogP contribution in [-0.2, 0) is 0 Å². The van der Waals surface area contributed by atoms with Gasteiger partial charge < -0.3 is 10.6 Å². The predicted molar refractivity (Wildman–Crippen MR) is 74.1 cm³/mol. The molecule has 2 atom stereocenters. The van der Waals surface area contributed by atoms with E-state index in [4.69, 9.17) is 12.2 Å². The van der Waals surface area contributed by atoms with Crippen molar-refractivity contribution >= 4 is 17.3 Å². The minimum Gasteiger partial charge on any atom is -0.363 e. The van der Waals surface area contributed by atoms with Crippen LogP contribution < -0.4 is 10.6 Å². The van der Waals surface area contributed by atoms with Crippen LogP contribution in [0.4, 0.5) is 0 Å². The van der Waals surface area contributed by atoms with Crippen LogP contribution in [0.5, 0.6) is 0 Å². The largest absolute Gasteiger partial charge is 0.363 e. The third-order valence-corrected chi connectivity index (χ3v) is 4.69. The molecule has 96 valence electrons. The number of nitrogens with one attached hydrogen (secondary N) is 2. The molecule has 0 radical (unpaired) electrons. The fraction of sp³-hybridized carbons (Fsp3) is 0.923. The first-order chi connectivity index (χ1) is 8.28. The van der Waals surface area contributed by atoms with Gasteiger partial charge in [-0.3, -0.25) is 4.90 Å². The van der Waals surface area contributed by atoms with E-state index in [1.165, 1.54) is 38.5 Å². The molecule has 17 heavy (non-hydrogen) atoms. The molecule has 2 aliphatic heterocycles. The summed E-state index contributed by atoms with van der Waals surface area (Å²) in [6.45, 7) is 3.01. The number of thiocarbonyl (C=S) groups is 1. The Kier molecular flexibility index (Phi) is 3.26. The summed E-state index contributed by atoms with van der Waals surface area (Å²) in [6.07, 6.45) is 8.29. The predicted octanol–water partition coefficient (Wildman–Crippen LogP) is 1.63. The van der Waals surface area contributed by atoms with Gasteiger partial charge in [-0.2, -0.15) is 0 Å². The topological polar surface area (TPSA) is 27.3 Å². The van der Waals surface area contributed by atoms with E-state index < -0.39 is 0 Å². The summed E-state index contributed by atoms with van der Waals surface area (Å²) in [5.74, 6) is 0. The number of hydrogen-bond donors (Lipinski definition) is 2. The fourth-order valence-electron chi connectivity index (χ4n) is 3.70. The van der Waals surface area contributed by atoms with Crippen LogP contribution in [0.2, 0.25) is 0 Å². The number of rotatable bonds is 3. The maximum absolute atomic E-state index is 5.29. The van der Waals surface area contributed by atoms with Gasteiger partial charge in [0.15, 0.2) is 5.11 Å². The van der Waals surface area contributed by atoms with Gasteiger partial charge in [0.25, 0.3) is 0 Å². The molecule has 0 aromatic rings. The highest BCUT2D eigenvalue weighted by molar-refractivity contribution is 7.80. The van der Waals surface area contributed by atoms with Crippen molar-refractivity contribution < 1.29 is 0 Å². The number of nitrogens with zero attached hydrogens (tertiary/aromatic N) is 1. The minimum absolute atomic E-state index is 0.606. The first kappa shape index (κ1) is 11.7. The smallest absolute Gasteiger partial charge is 0.166 e. The Labute approximate surface area is 109 Å². The summed E-state index contributed by atoms with van der Waals surface area (Å²) in [7, 11) is 0. The number of fused-ring (bicyclic) bond motifs is 2. The first-order valence-electron chi connectivity index (χ1n) is 7.09. The second kappa shape index (κ2) is 4.73. The average molecular weight is 253 g/mol. The molecule has 3 nitrogen and oxygen atoms in total. The normalized spacial score (nSPS) is 36.9. The monoisotopic (exact) mass is 253 g/mol. The second-order valence-electron chi connectivity index (χ2n) is 5.74. The molecular weight excluding hydrogens is 230 g/mol. The highest BCUT2D eigenvalue weighted by Gasteiger charge is 2.46. The summed E-state index contributed by atoms with van der Waals surface area (Å²) in [4.78, 5) is 2.83. The summed E-state index contributed by atoms with van der Waals surface area (Å²) in [6, 6.07) is 3.22. The highest BCUT2D eigenvalue weighted by atomic mass is 32.1. The first-order valence-corrected chi connectivity index (χ1v) is 7.50. The zero-order valence-corrected chi connectivity index (χ0v) is 11.4. The molecule has 0 aromatic carbocycles. The lowest BCUT2D eigenvalue weighted by atomic mass is 9.97. The fourth-order valence-corrected chi connectivity index (χ4v) is 4.01. The summed E-state index contributed by atoms with van der Waals surface area (Å²) in [5.41, 5.74) is 0. The molecule has 3 rings (SSSR count). The Morgan fingerprint density at radius 3 is 2.24 bits per heavy atom. The van der Waals surface area contributed by atoms with E-state index in [1.807, 2.05) is 0 Å². The van der Waals surface area contributed by atoms with Crippen molar-refractivity contribution in [2.45, 2.75) is 69.6 Å². The lowest BCUT2D eigenvalue weighted by Crippen LogP contribution is -2.52. The molecule has 4 heteroatoms. The van der Waals surface area contributed by atoms with E-state index in [0.29, 0.717) is 6.04 Å². The molecule has 2 unspecified atom stereocenters. The minimum atomic E-state index is 0.606. The molecule has 0 amide bonds. The molecule has 0 spiro atoms. The van der Waals surface area contributed by atoms with Gasteiger partial charge in [0, 0.05) is 30.7 Å². The van der Waals surface area contributed by atoms with Gasteiger partial charge in [0.2, 0.25) is 0 Å². The van der Waals surface area contributed by atoms with Crippen LogP contribution in [0.25, 0.3) is 0 Å². The third kappa shape index (κ3) is 2.43. The Balaban J connectivity index is 1.56. The Morgan fingerprint density at radius 2 is 1.71 bits per heavy atom. The quantitative estimate of drug-likeness (QED) is 0.748. The maximum Gasteiger partial charge on any atom is 0.166 e. The van der Waals surface area contributed by atoms with E-state index >= 15 is 0 Å². The van der Waals surface area contributed by atoms with Crippen LogP contribution in [0, 0.1) is 0 Å². The van der Waals surface area contributed by atoms with Crippen molar-refractivity contribution in [2.75, 3.05) is 6.54 Å². The molecule has 3 aliphatic rings. The van der Waals surface area contributed by atoms with Crippen molar-refractivity contribution in [2.24, 2.45) is 0 Å². The van der Waals surface area contributed by atoms with Crippen molar-refractivity contribution in [3.8, 4) is 0 Å². The van der Waals surface area contributed by atoms with Crippen LogP contribution in [0.3, 0.4) is 0 Å². The van der Waals surface area contributed by atoms with Crippen LogP contribution in [-0.4, -0.2) is 40.7 Å².